The molecule has 2 aliphatic rings. The summed E-state index contributed by atoms with van der Waals surface area (Å²) in [5.74, 6) is 6.34. The molecular formula is C10H17NO5. The van der Waals surface area contributed by atoms with Crippen molar-refractivity contribution < 1.29 is 23.8 Å². The molecule has 0 bridgehead atoms. The second-order valence-corrected chi connectivity index (χ2v) is 4.19. The minimum atomic E-state index is -0.260. The third-order valence-corrected chi connectivity index (χ3v) is 2.75. The van der Waals surface area contributed by atoms with Crippen molar-refractivity contribution in [3.05, 3.63) is 11.5 Å². The van der Waals surface area contributed by atoms with Crippen molar-refractivity contribution in [3.8, 4) is 0 Å². The Hall–Kier alpha value is -0.820. The molecule has 0 radical (unpaired) electrons. The number of methoxy groups -OCH3 is 2. The first kappa shape index (κ1) is 11.7. The van der Waals surface area contributed by atoms with Gasteiger partial charge in [0.1, 0.15) is 6.61 Å². The number of nitrogens with two attached hydrogens (primary N) is 1. The zero-order chi connectivity index (χ0) is 11.6. The molecule has 0 spiro atoms. The molecule has 0 saturated carbocycles. The van der Waals surface area contributed by atoms with Crippen LogP contribution in [0.1, 0.15) is 0 Å². The number of ether oxygens (including phenoxy) is 4. The summed E-state index contributed by atoms with van der Waals surface area (Å²) in [6.45, 7) is 2.03. The van der Waals surface area contributed by atoms with Gasteiger partial charge in [0.25, 0.3) is 0 Å². The predicted molar refractivity (Wildman–Crippen MR) is 54.2 cm³/mol. The summed E-state index contributed by atoms with van der Waals surface area (Å²) < 4.78 is 21.6. The fraction of sp³-hybridized carbons (Fsp3) is 0.800. The molecule has 0 aromatic heterocycles. The molecule has 1 aliphatic carbocycles. The van der Waals surface area contributed by atoms with Crippen LogP contribution in [0.2, 0.25) is 0 Å². The van der Waals surface area contributed by atoms with E-state index in [2.05, 4.69) is 4.84 Å². The number of hydrogen-bond acceptors (Lipinski definition) is 6. The Morgan fingerprint density at radius 2 is 2.00 bits per heavy atom. The average Bonchev–Trinajstić information content (AvgIpc) is 2.98. The van der Waals surface area contributed by atoms with Gasteiger partial charge >= 0.3 is 0 Å². The van der Waals surface area contributed by atoms with Crippen LogP contribution in [0.3, 0.4) is 0 Å². The van der Waals surface area contributed by atoms with Crippen LogP contribution in [0.25, 0.3) is 0 Å². The lowest BCUT2D eigenvalue weighted by Gasteiger charge is -2.29. The van der Waals surface area contributed by atoms with E-state index in [-0.39, 0.29) is 11.5 Å². The van der Waals surface area contributed by atoms with E-state index < -0.39 is 0 Å². The van der Waals surface area contributed by atoms with Crippen LogP contribution in [0.5, 0.6) is 0 Å². The van der Waals surface area contributed by atoms with Crippen LogP contribution in [0.4, 0.5) is 0 Å². The lowest BCUT2D eigenvalue weighted by atomic mass is 9.92. The predicted octanol–water partition coefficient (Wildman–Crippen LogP) is -0.203. The molecule has 16 heavy (non-hydrogen) atoms. The van der Waals surface area contributed by atoms with Gasteiger partial charge in [0, 0.05) is 14.2 Å². The Bertz CT molecular complexity index is 285. The minimum absolute atomic E-state index is 0.208. The number of rotatable bonds is 5. The van der Waals surface area contributed by atoms with Crippen molar-refractivity contribution in [1.82, 2.24) is 0 Å². The van der Waals surface area contributed by atoms with Crippen LogP contribution < -0.4 is 5.90 Å². The molecule has 1 aliphatic heterocycles. The molecule has 0 aromatic rings. The summed E-state index contributed by atoms with van der Waals surface area (Å²) in [6, 6.07) is 0. The van der Waals surface area contributed by atoms with Gasteiger partial charge in [-0.2, -0.15) is 5.90 Å². The van der Waals surface area contributed by atoms with Crippen LogP contribution in [-0.2, 0) is 23.8 Å². The van der Waals surface area contributed by atoms with E-state index in [0.717, 1.165) is 0 Å². The molecule has 1 fully saturated rings. The normalized spacial score (nSPS) is 26.8. The fourth-order valence-electron chi connectivity index (χ4n) is 1.94. The Balaban J connectivity index is 1.99. The molecule has 2 rings (SSSR count). The highest BCUT2D eigenvalue weighted by molar-refractivity contribution is 5.34. The quantitative estimate of drug-likeness (QED) is 0.660. The third kappa shape index (κ3) is 2.01. The largest absolute Gasteiger partial charge is 0.490 e. The standard InChI is InChI=1S/C10H17NO5/c1-12-3-10(4-13-2)5-14-7-8(15-6-10)9(7)16-11/h7H,3-6,11H2,1-2H3. The van der Waals surface area contributed by atoms with E-state index in [4.69, 9.17) is 24.8 Å². The lowest BCUT2D eigenvalue weighted by molar-refractivity contribution is -0.0660. The number of hydrogen-bond donors (Lipinski definition) is 1. The van der Waals surface area contributed by atoms with E-state index in [9.17, 15) is 0 Å². The van der Waals surface area contributed by atoms with Crippen LogP contribution in [0.15, 0.2) is 11.5 Å². The highest BCUT2D eigenvalue weighted by atomic mass is 16.7. The average molecular weight is 231 g/mol. The molecule has 6 heteroatoms. The third-order valence-electron chi connectivity index (χ3n) is 2.75. The maximum atomic E-state index is 5.64. The minimum Gasteiger partial charge on any atom is -0.490 e. The van der Waals surface area contributed by atoms with Crippen molar-refractivity contribution in [2.45, 2.75) is 6.10 Å². The molecular weight excluding hydrogens is 214 g/mol. The van der Waals surface area contributed by atoms with Crippen LogP contribution >= 0.6 is 0 Å². The van der Waals surface area contributed by atoms with Gasteiger partial charge in [-0.25, -0.2) is 0 Å². The molecule has 1 saturated heterocycles. The van der Waals surface area contributed by atoms with E-state index in [0.29, 0.717) is 37.9 Å². The first-order valence-corrected chi connectivity index (χ1v) is 5.09. The molecule has 92 valence electrons. The van der Waals surface area contributed by atoms with Gasteiger partial charge in [-0.15, -0.1) is 0 Å². The van der Waals surface area contributed by atoms with Crippen LogP contribution in [0, 0.1) is 5.41 Å². The summed E-state index contributed by atoms with van der Waals surface area (Å²) in [6.07, 6.45) is -0.208. The first-order chi connectivity index (χ1) is 7.76. The molecule has 0 amide bonds. The lowest BCUT2D eigenvalue weighted by Crippen LogP contribution is -2.40. The van der Waals surface area contributed by atoms with E-state index >= 15 is 0 Å². The SMILES string of the molecule is COCC1(COC)COC2=C(ON)C2OC1. The topological polar surface area (TPSA) is 72.2 Å². The van der Waals surface area contributed by atoms with Gasteiger partial charge in [-0.1, -0.05) is 0 Å². The Morgan fingerprint density at radius 1 is 1.31 bits per heavy atom. The van der Waals surface area contributed by atoms with Crippen molar-refractivity contribution >= 4 is 0 Å². The Morgan fingerprint density at radius 3 is 2.56 bits per heavy atom. The van der Waals surface area contributed by atoms with Gasteiger partial charge in [-0.05, 0) is 0 Å². The zero-order valence-corrected chi connectivity index (χ0v) is 9.52. The number of fused-ring (bicyclic) bond motifs is 1. The molecule has 1 heterocycles. The summed E-state index contributed by atoms with van der Waals surface area (Å²) in [7, 11) is 3.30. The molecule has 1 unspecified atom stereocenters. The van der Waals surface area contributed by atoms with Gasteiger partial charge in [0.15, 0.2) is 11.9 Å². The van der Waals surface area contributed by atoms with Gasteiger partial charge in [0.2, 0.25) is 5.76 Å². The van der Waals surface area contributed by atoms with Crippen molar-refractivity contribution in [1.29, 1.82) is 0 Å². The maximum Gasteiger partial charge on any atom is 0.201 e. The first-order valence-electron chi connectivity index (χ1n) is 5.09. The summed E-state index contributed by atoms with van der Waals surface area (Å²) >= 11 is 0. The summed E-state index contributed by atoms with van der Waals surface area (Å²) in [5.41, 5.74) is -0.260. The summed E-state index contributed by atoms with van der Waals surface area (Å²) in [4.78, 5) is 4.62. The van der Waals surface area contributed by atoms with E-state index in [1.54, 1.807) is 14.2 Å². The summed E-state index contributed by atoms with van der Waals surface area (Å²) in [5, 5.41) is 0. The van der Waals surface area contributed by atoms with E-state index in [1.165, 1.54) is 0 Å². The monoisotopic (exact) mass is 231 g/mol. The van der Waals surface area contributed by atoms with Gasteiger partial charge in [-0.3, -0.25) is 0 Å². The molecule has 2 N–H and O–H groups in total. The van der Waals surface area contributed by atoms with Crippen molar-refractivity contribution in [2.24, 2.45) is 11.3 Å². The highest BCUT2D eigenvalue weighted by Crippen LogP contribution is 2.41. The zero-order valence-electron chi connectivity index (χ0n) is 9.52. The Kier molecular flexibility index (Phi) is 3.34. The van der Waals surface area contributed by atoms with Crippen molar-refractivity contribution in [2.75, 3.05) is 40.6 Å². The van der Waals surface area contributed by atoms with E-state index in [1.807, 2.05) is 0 Å². The molecule has 1 atom stereocenters. The second-order valence-electron chi connectivity index (χ2n) is 4.19. The van der Waals surface area contributed by atoms with Gasteiger partial charge in [0.05, 0.1) is 25.2 Å². The molecule has 6 nitrogen and oxygen atoms in total. The maximum absolute atomic E-state index is 5.64. The smallest absolute Gasteiger partial charge is 0.201 e. The second kappa shape index (κ2) is 4.58. The highest BCUT2D eigenvalue weighted by Gasteiger charge is 2.49. The van der Waals surface area contributed by atoms with Gasteiger partial charge < -0.3 is 23.8 Å². The molecule has 0 aromatic carbocycles. The van der Waals surface area contributed by atoms with Crippen LogP contribution in [-0.4, -0.2) is 46.8 Å². The van der Waals surface area contributed by atoms with Crippen molar-refractivity contribution in [3.63, 3.8) is 0 Å². The Labute approximate surface area is 94.2 Å². The fourth-order valence-corrected chi connectivity index (χ4v) is 1.94.